The molecule has 23 heavy (non-hydrogen) atoms. The second-order valence-electron chi connectivity index (χ2n) is 5.21. The van der Waals surface area contributed by atoms with Gasteiger partial charge in [0.2, 0.25) is 5.75 Å². The van der Waals surface area contributed by atoms with E-state index in [9.17, 15) is 0 Å². The van der Waals surface area contributed by atoms with E-state index in [1.165, 1.54) is 11.3 Å². The van der Waals surface area contributed by atoms with Crippen molar-refractivity contribution in [1.29, 1.82) is 0 Å². The lowest BCUT2D eigenvalue weighted by molar-refractivity contribution is 0.323. The summed E-state index contributed by atoms with van der Waals surface area (Å²) < 4.78 is 18.1. The molecule has 0 spiro atoms. The third-order valence-electron chi connectivity index (χ3n) is 3.87. The smallest absolute Gasteiger partial charge is 0.203 e. The number of nitrogens with one attached hydrogen (secondary N) is 1. The number of nitrogens with zero attached hydrogens (tertiary/aromatic N) is 2. The predicted octanol–water partition coefficient (Wildman–Crippen LogP) is 2.53. The van der Waals surface area contributed by atoms with Gasteiger partial charge in [-0.2, -0.15) is 5.10 Å². The molecule has 0 saturated carbocycles. The van der Waals surface area contributed by atoms with Gasteiger partial charge in [0.1, 0.15) is 0 Å². The average Bonchev–Trinajstić information content (AvgIpc) is 2.93. The van der Waals surface area contributed by atoms with Gasteiger partial charge in [0.25, 0.3) is 0 Å². The highest BCUT2D eigenvalue weighted by molar-refractivity contribution is 5.53. The maximum Gasteiger partial charge on any atom is 0.203 e. The Morgan fingerprint density at radius 1 is 1.04 bits per heavy atom. The topological polar surface area (TPSA) is 57.5 Å². The van der Waals surface area contributed by atoms with E-state index in [1.54, 1.807) is 21.3 Å². The minimum atomic E-state index is 0.610. The Hall–Kier alpha value is -2.21. The van der Waals surface area contributed by atoms with Crippen LogP contribution in [0.15, 0.2) is 18.3 Å². The van der Waals surface area contributed by atoms with Crippen LogP contribution >= 0.6 is 0 Å². The van der Waals surface area contributed by atoms with E-state index in [0.29, 0.717) is 23.8 Å². The van der Waals surface area contributed by atoms with Crippen LogP contribution < -0.4 is 19.5 Å². The van der Waals surface area contributed by atoms with Crippen molar-refractivity contribution >= 4 is 0 Å². The quantitative estimate of drug-likeness (QED) is 0.810. The van der Waals surface area contributed by atoms with Gasteiger partial charge < -0.3 is 19.5 Å². The zero-order valence-electron chi connectivity index (χ0n) is 14.5. The summed E-state index contributed by atoms with van der Waals surface area (Å²) in [6.07, 6.45) is 1.92. The molecular formula is C17H25N3O3. The first-order chi connectivity index (χ1) is 11.1. The number of aryl methyl sites for hydroxylation is 1. The van der Waals surface area contributed by atoms with Gasteiger partial charge in [0.05, 0.1) is 27.5 Å². The third-order valence-corrected chi connectivity index (χ3v) is 3.87. The van der Waals surface area contributed by atoms with Crippen molar-refractivity contribution in [3.63, 3.8) is 0 Å². The fraction of sp³-hybridized carbons (Fsp3) is 0.471. The van der Waals surface area contributed by atoms with Crippen molar-refractivity contribution < 1.29 is 14.2 Å². The molecule has 1 N–H and O–H groups in total. The molecule has 6 heteroatoms. The van der Waals surface area contributed by atoms with E-state index >= 15 is 0 Å². The van der Waals surface area contributed by atoms with E-state index in [1.807, 2.05) is 23.0 Å². The van der Waals surface area contributed by atoms with Crippen LogP contribution in [0.25, 0.3) is 0 Å². The number of rotatable bonds is 8. The molecule has 6 nitrogen and oxygen atoms in total. The summed E-state index contributed by atoms with van der Waals surface area (Å²) in [4.78, 5) is 0. The molecular weight excluding hydrogens is 294 g/mol. The van der Waals surface area contributed by atoms with Crippen molar-refractivity contribution in [2.75, 3.05) is 21.3 Å². The van der Waals surface area contributed by atoms with E-state index in [4.69, 9.17) is 14.2 Å². The van der Waals surface area contributed by atoms with Crippen LogP contribution in [-0.2, 0) is 19.6 Å². The summed E-state index contributed by atoms with van der Waals surface area (Å²) in [6.45, 7) is 6.54. The molecule has 0 aliphatic heterocycles. The van der Waals surface area contributed by atoms with Crippen molar-refractivity contribution in [3.8, 4) is 17.2 Å². The molecule has 1 heterocycles. The molecule has 0 fully saturated rings. The molecule has 0 atom stereocenters. The lowest BCUT2D eigenvalue weighted by atomic mass is 10.1. The van der Waals surface area contributed by atoms with Crippen LogP contribution in [0, 0.1) is 6.92 Å². The second-order valence-corrected chi connectivity index (χ2v) is 5.21. The molecule has 0 saturated heterocycles. The molecule has 0 bridgehead atoms. The fourth-order valence-corrected chi connectivity index (χ4v) is 2.56. The molecule has 1 aromatic heterocycles. The van der Waals surface area contributed by atoms with Gasteiger partial charge in [0, 0.05) is 30.9 Å². The zero-order chi connectivity index (χ0) is 16.8. The molecule has 0 amide bonds. The molecule has 2 rings (SSSR count). The van der Waals surface area contributed by atoms with E-state index in [-0.39, 0.29) is 0 Å². The Morgan fingerprint density at radius 2 is 1.70 bits per heavy atom. The molecule has 0 radical (unpaired) electrons. The maximum absolute atomic E-state index is 5.37. The number of hydrogen-bond acceptors (Lipinski definition) is 5. The van der Waals surface area contributed by atoms with Crippen LogP contribution in [-0.4, -0.2) is 31.1 Å². The SMILES string of the molecule is CCn1ncc(CNCc2cc(OC)c(OC)c(OC)c2)c1C. The average molecular weight is 319 g/mol. The summed E-state index contributed by atoms with van der Waals surface area (Å²) in [5.74, 6) is 1.94. The van der Waals surface area contributed by atoms with Crippen LogP contribution in [0.5, 0.6) is 17.2 Å². The second kappa shape index (κ2) is 7.87. The number of ether oxygens (including phenoxy) is 3. The Kier molecular flexibility index (Phi) is 5.87. The van der Waals surface area contributed by atoms with Crippen molar-refractivity contribution in [3.05, 3.63) is 35.2 Å². The van der Waals surface area contributed by atoms with Gasteiger partial charge in [-0.3, -0.25) is 4.68 Å². The first-order valence-corrected chi connectivity index (χ1v) is 7.65. The van der Waals surface area contributed by atoms with Gasteiger partial charge in [-0.15, -0.1) is 0 Å². The molecule has 2 aromatic rings. The van der Waals surface area contributed by atoms with Gasteiger partial charge in [0.15, 0.2) is 11.5 Å². The van der Waals surface area contributed by atoms with Crippen LogP contribution in [0.2, 0.25) is 0 Å². The lowest BCUT2D eigenvalue weighted by Gasteiger charge is -2.14. The third kappa shape index (κ3) is 3.76. The van der Waals surface area contributed by atoms with Crippen LogP contribution in [0.1, 0.15) is 23.7 Å². The Labute approximate surface area is 137 Å². The zero-order valence-corrected chi connectivity index (χ0v) is 14.5. The summed E-state index contributed by atoms with van der Waals surface area (Å²) in [5, 5.41) is 7.79. The summed E-state index contributed by atoms with van der Waals surface area (Å²) >= 11 is 0. The van der Waals surface area contributed by atoms with Crippen molar-refractivity contribution in [2.45, 2.75) is 33.5 Å². The first-order valence-electron chi connectivity index (χ1n) is 7.65. The van der Waals surface area contributed by atoms with Crippen LogP contribution in [0.3, 0.4) is 0 Å². The monoisotopic (exact) mass is 319 g/mol. The molecule has 0 aliphatic carbocycles. The molecule has 0 unspecified atom stereocenters. The number of methoxy groups -OCH3 is 3. The molecule has 1 aromatic carbocycles. The first kappa shape index (κ1) is 17.1. The van der Waals surface area contributed by atoms with E-state index in [0.717, 1.165) is 18.7 Å². The minimum Gasteiger partial charge on any atom is -0.493 e. The Morgan fingerprint density at radius 3 is 2.17 bits per heavy atom. The highest BCUT2D eigenvalue weighted by Crippen LogP contribution is 2.38. The number of benzene rings is 1. The highest BCUT2D eigenvalue weighted by Gasteiger charge is 2.13. The predicted molar refractivity (Wildman–Crippen MR) is 89.3 cm³/mol. The molecule has 126 valence electrons. The highest BCUT2D eigenvalue weighted by atomic mass is 16.5. The lowest BCUT2D eigenvalue weighted by Crippen LogP contribution is -2.13. The maximum atomic E-state index is 5.37. The number of aromatic nitrogens is 2. The summed E-state index contributed by atoms with van der Waals surface area (Å²) in [7, 11) is 4.85. The van der Waals surface area contributed by atoms with Gasteiger partial charge in [-0.05, 0) is 31.5 Å². The number of hydrogen-bond donors (Lipinski definition) is 1. The largest absolute Gasteiger partial charge is 0.493 e. The molecule has 0 aliphatic rings. The van der Waals surface area contributed by atoms with Crippen LogP contribution in [0.4, 0.5) is 0 Å². The van der Waals surface area contributed by atoms with E-state index in [2.05, 4.69) is 24.3 Å². The summed E-state index contributed by atoms with van der Waals surface area (Å²) in [5.41, 5.74) is 3.48. The Balaban J connectivity index is 2.06. The van der Waals surface area contributed by atoms with E-state index < -0.39 is 0 Å². The standard InChI is InChI=1S/C17H25N3O3/c1-6-20-12(2)14(11-19-20)10-18-9-13-7-15(21-3)17(23-5)16(8-13)22-4/h7-8,11,18H,6,9-10H2,1-5H3. The van der Waals surface area contributed by atoms with Gasteiger partial charge >= 0.3 is 0 Å². The minimum absolute atomic E-state index is 0.610. The summed E-state index contributed by atoms with van der Waals surface area (Å²) in [6, 6.07) is 3.91. The van der Waals surface area contributed by atoms with Crippen molar-refractivity contribution in [1.82, 2.24) is 15.1 Å². The van der Waals surface area contributed by atoms with Crippen molar-refractivity contribution in [2.24, 2.45) is 0 Å². The normalized spacial score (nSPS) is 10.7. The Bertz CT molecular complexity index is 628. The van der Waals surface area contributed by atoms with Gasteiger partial charge in [-0.1, -0.05) is 0 Å². The fourth-order valence-electron chi connectivity index (χ4n) is 2.56. The van der Waals surface area contributed by atoms with Gasteiger partial charge in [-0.25, -0.2) is 0 Å².